The van der Waals surface area contributed by atoms with Gasteiger partial charge in [-0.15, -0.1) is 0 Å². The molecule has 0 radical (unpaired) electrons. The molecule has 0 saturated carbocycles. The molecule has 100 valence electrons. The largest absolute Gasteiger partial charge is 0.508 e. The van der Waals surface area contributed by atoms with Crippen LogP contribution in [-0.2, 0) is 6.42 Å². The van der Waals surface area contributed by atoms with Gasteiger partial charge in [0.1, 0.15) is 11.6 Å². The normalized spacial score (nSPS) is 16.2. The zero-order valence-electron chi connectivity index (χ0n) is 10.8. The molecule has 2 aromatic carbocycles. The van der Waals surface area contributed by atoms with E-state index in [0.29, 0.717) is 35.1 Å². The molecule has 1 aliphatic carbocycles. The molecule has 3 rings (SSSR count). The minimum atomic E-state index is -0.338. The summed E-state index contributed by atoms with van der Waals surface area (Å²) in [6, 6.07) is 11.3. The summed E-state index contributed by atoms with van der Waals surface area (Å²) in [5.41, 5.74) is 2.19. The Kier molecular flexibility index (Phi) is 3.11. The second-order valence-electron chi connectivity index (χ2n) is 4.82. The monoisotopic (exact) mass is 268 g/mol. The van der Waals surface area contributed by atoms with Crippen molar-refractivity contribution >= 4 is 11.9 Å². The molecule has 0 atom stereocenters. The maximum absolute atomic E-state index is 13.6. The number of phenols is 1. The Morgan fingerprint density at radius 1 is 1.05 bits per heavy atom. The molecule has 0 bridgehead atoms. The molecule has 3 heteroatoms. The van der Waals surface area contributed by atoms with E-state index in [2.05, 4.69) is 0 Å². The summed E-state index contributed by atoms with van der Waals surface area (Å²) in [4.78, 5) is 12.4. The van der Waals surface area contributed by atoms with Gasteiger partial charge in [0.05, 0.1) is 0 Å². The highest BCUT2D eigenvalue weighted by molar-refractivity contribution is 6.13. The Morgan fingerprint density at radius 3 is 2.65 bits per heavy atom. The summed E-state index contributed by atoms with van der Waals surface area (Å²) in [6.45, 7) is 0. The van der Waals surface area contributed by atoms with E-state index in [9.17, 15) is 14.3 Å². The number of carbonyl (C=O) groups is 1. The second kappa shape index (κ2) is 4.93. The highest BCUT2D eigenvalue weighted by Crippen LogP contribution is 2.32. The van der Waals surface area contributed by atoms with Gasteiger partial charge in [-0.3, -0.25) is 4.79 Å². The summed E-state index contributed by atoms with van der Waals surface area (Å²) < 4.78 is 13.6. The molecule has 0 unspecified atom stereocenters. The number of hydrogen-bond donors (Lipinski definition) is 1. The third kappa shape index (κ3) is 2.11. The second-order valence-corrected chi connectivity index (χ2v) is 4.82. The Bertz CT molecular complexity index is 717. The van der Waals surface area contributed by atoms with Gasteiger partial charge in [-0.25, -0.2) is 4.39 Å². The van der Waals surface area contributed by atoms with Crippen LogP contribution < -0.4 is 0 Å². The van der Waals surface area contributed by atoms with E-state index in [-0.39, 0.29) is 17.3 Å². The number of ketones is 1. The van der Waals surface area contributed by atoms with Crippen molar-refractivity contribution in [2.24, 2.45) is 0 Å². The van der Waals surface area contributed by atoms with Crippen molar-refractivity contribution in [3.05, 3.63) is 70.5 Å². The fourth-order valence-electron chi connectivity index (χ4n) is 2.51. The van der Waals surface area contributed by atoms with Crippen LogP contribution in [-0.4, -0.2) is 10.9 Å². The zero-order chi connectivity index (χ0) is 14.1. The van der Waals surface area contributed by atoms with E-state index in [0.717, 1.165) is 0 Å². The number of aromatic hydroxyl groups is 1. The molecule has 0 fully saturated rings. The van der Waals surface area contributed by atoms with Crippen molar-refractivity contribution in [3.63, 3.8) is 0 Å². The number of carbonyl (C=O) groups excluding carboxylic acids is 1. The first-order valence-electron chi connectivity index (χ1n) is 6.47. The Balaban J connectivity index is 2.03. The average Bonchev–Trinajstić information content (AvgIpc) is 2.45. The molecular formula is C17H13FO2. The van der Waals surface area contributed by atoms with Crippen molar-refractivity contribution in [1.29, 1.82) is 0 Å². The molecule has 1 aliphatic rings. The first kappa shape index (κ1) is 12.6. The lowest BCUT2D eigenvalue weighted by Crippen LogP contribution is -2.14. The van der Waals surface area contributed by atoms with Crippen LogP contribution in [0.1, 0.15) is 27.9 Å². The van der Waals surface area contributed by atoms with Gasteiger partial charge in [-0.05, 0) is 31.1 Å². The lowest BCUT2D eigenvalue weighted by Gasteiger charge is -2.18. The highest BCUT2D eigenvalue weighted by atomic mass is 19.1. The SMILES string of the molecule is O=C1/C(=C/c2ccccc2F)CCc2c(O)cccc21. The Morgan fingerprint density at radius 2 is 1.85 bits per heavy atom. The van der Waals surface area contributed by atoms with Crippen LogP contribution in [0.25, 0.3) is 6.08 Å². The fourth-order valence-corrected chi connectivity index (χ4v) is 2.51. The molecule has 0 aliphatic heterocycles. The number of rotatable bonds is 1. The number of fused-ring (bicyclic) bond motifs is 1. The highest BCUT2D eigenvalue weighted by Gasteiger charge is 2.23. The van der Waals surface area contributed by atoms with Crippen LogP contribution in [0.2, 0.25) is 0 Å². The zero-order valence-corrected chi connectivity index (χ0v) is 10.8. The molecule has 0 spiro atoms. The van der Waals surface area contributed by atoms with Gasteiger partial charge < -0.3 is 5.11 Å². The lowest BCUT2D eigenvalue weighted by atomic mass is 9.85. The topological polar surface area (TPSA) is 37.3 Å². The van der Waals surface area contributed by atoms with E-state index in [1.54, 1.807) is 42.5 Å². The maximum atomic E-state index is 13.6. The molecule has 0 amide bonds. The molecule has 1 N–H and O–H groups in total. The van der Waals surface area contributed by atoms with Crippen molar-refractivity contribution in [2.45, 2.75) is 12.8 Å². The number of phenolic OH excluding ortho intramolecular Hbond substituents is 1. The van der Waals surface area contributed by atoms with E-state index < -0.39 is 0 Å². The molecule has 20 heavy (non-hydrogen) atoms. The van der Waals surface area contributed by atoms with Gasteiger partial charge in [0.2, 0.25) is 0 Å². The Labute approximate surface area is 116 Å². The lowest BCUT2D eigenvalue weighted by molar-refractivity contribution is 0.102. The third-order valence-corrected chi connectivity index (χ3v) is 3.57. The standard InChI is InChI=1S/C17H13FO2/c18-15-6-2-1-4-11(15)10-12-8-9-13-14(17(12)20)5-3-7-16(13)19/h1-7,10,19H,8-9H2/b12-10+. The molecular weight excluding hydrogens is 255 g/mol. The van der Waals surface area contributed by atoms with Crippen LogP contribution in [0.5, 0.6) is 5.75 Å². The molecule has 2 aromatic rings. The molecule has 0 aromatic heterocycles. The van der Waals surface area contributed by atoms with E-state index in [1.165, 1.54) is 6.07 Å². The van der Waals surface area contributed by atoms with Crippen molar-refractivity contribution < 1.29 is 14.3 Å². The number of benzene rings is 2. The molecule has 0 saturated heterocycles. The van der Waals surface area contributed by atoms with Crippen molar-refractivity contribution in [3.8, 4) is 5.75 Å². The van der Waals surface area contributed by atoms with Gasteiger partial charge in [-0.1, -0.05) is 30.3 Å². The fraction of sp³-hybridized carbons (Fsp3) is 0.118. The number of halogens is 1. The number of Topliss-reactive ketones (excluding diaryl/α,β-unsaturated/α-hetero) is 1. The number of hydrogen-bond acceptors (Lipinski definition) is 2. The summed E-state index contributed by atoms with van der Waals surface area (Å²) in [5, 5.41) is 9.76. The van der Waals surface area contributed by atoms with Gasteiger partial charge in [-0.2, -0.15) is 0 Å². The van der Waals surface area contributed by atoms with Crippen LogP contribution >= 0.6 is 0 Å². The van der Waals surface area contributed by atoms with Gasteiger partial charge in [0.25, 0.3) is 0 Å². The smallest absolute Gasteiger partial charge is 0.189 e. The van der Waals surface area contributed by atoms with E-state index in [1.807, 2.05) is 0 Å². The quantitative estimate of drug-likeness (QED) is 0.800. The summed E-state index contributed by atoms with van der Waals surface area (Å²) in [6.07, 6.45) is 2.70. The molecule has 2 nitrogen and oxygen atoms in total. The van der Waals surface area contributed by atoms with E-state index >= 15 is 0 Å². The predicted octanol–water partition coefficient (Wildman–Crippen LogP) is 3.74. The third-order valence-electron chi connectivity index (χ3n) is 3.57. The van der Waals surface area contributed by atoms with Crippen molar-refractivity contribution in [2.75, 3.05) is 0 Å². The van der Waals surface area contributed by atoms with Crippen LogP contribution in [0, 0.1) is 5.82 Å². The maximum Gasteiger partial charge on any atom is 0.189 e. The summed E-state index contributed by atoms with van der Waals surface area (Å²) in [7, 11) is 0. The van der Waals surface area contributed by atoms with Crippen LogP contribution in [0.4, 0.5) is 4.39 Å². The Hall–Kier alpha value is -2.42. The first-order chi connectivity index (χ1) is 9.66. The van der Waals surface area contributed by atoms with Gasteiger partial charge in [0, 0.05) is 22.3 Å². The van der Waals surface area contributed by atoms with Crippen LogP contribution in [0.3, 0.4) is 0 Å². The minimum Gasteiger partial charge on any atom is -0.508 e. The van der Waals surface area contributed by atoms with Crippen molar-refractivity contribution in [1.82, 2.24) is 0 Å². The molecule has 0 heterocycles. The average molecular weight is 268 g/mol. The van der Waals surface area contributed by atoms with Gasteiger partial charge in [0.15, 0.2) is 5.78 Å². The minimum absolute atomic E-state index is 0.134. The van der Waals surface area contributed by atoms with Crippen LogP contribution in [0.15, 0.2) is 48.0 Å². The summed E-state index contributed by atoms with van der Waals surface area (Å²) in [5.74, 6) is -0.319. The number of allylic oxidation sites excluding steroid dienone is 1. The van der Waals surface area contributed by atoms with Gasteiger partial charge >= 0.3 is 0 Å². The first-order valence-corrected chi connectivity index (χ1v) is 6.47. The summed E-state index contributed by atoms with van der Waals surface area (Å²) >= 11 is 0. The van der Waals surface area contributed by atoms with E-state index in [4.69, 9.17) is 0 Å². The predicted molar refractivity (Wildman–Crippen MR) is 75.1 cm³/mol.